The molecule has 0 amide bonds. The van der Waals surface area contributed by atoms with E-state index in [1.165, 1.54) is 23.4 Å². The van der Waals surface area contributed by atoms with Crippen LogP contribution in [-0.2, 0) is 22.9 Å². The van der Waals surface area contributed by atoms with Crippen LogP contribution in [0.15, 0.2) is 47.4 Å². The Morgan fingerprint density at radius 1 is 1.04 bits per heavy atom. The van der Waals surface area contributed by atoms with E-state index in [2.05, 4.69) is 9.71 Å². The van der Waals surface area contributed by atoms with Crippen LogP contribution in [-0.4, -0.2) is 19.4 Å². The van der Waals surface area contributed by atoms with Gasteiger partial charge in [-0.25, -0.2) is 13.1 Å². The summed E-state index contributed by atoms with van der Waals surface area (Å²) in [7, 11) is -3.56. The van der Waals surface area contributed by atoms with E-state index in [9.17, 15) is 8.42 Å². The average Bonchev–Trinajstić information content (AvgIpc) is 2.91. The van der Waals surface area contributed by atoms with Crippen LogP contribution in [0, 0.1) is 0 Å². The molecule has 0 spiro atoms. The summed E-state index contributed by atoms with van der Waals surface area (Å²) in [5.41, 5.74) is 3.33. The molecule has 1 aliphatic carbocycles. The van der Waals surface area contributed by atoms with Gasteiger partial charge in [-0.1, -0.05) is 29.3 Å². The second kappa shape index (κ2) is 6.32. The third kappa shape index (κ3) is 3.29. The first-order valence-electron chi connectivity index (χ1n) is 7.99. The smallest absolute Gasteiger partial charge is 0.240 e. The number of nitrogens with one attached hydrogen (secondary N) is 2. The molecule has 2 N–H and O–H groups in total. The van der Waals surface area contributed by atoms with Crippen molar-refractivity contribution in [3.05, 3.63) is 63.8 Å². The molecule has 1 atom stereocenters. The molecule has 130 valence electrons. The number of rotatable bonds is 3. The monoisotopic (exact) mass is 394 g/mol. The van der Waals surface area contributed by atoms with Crippen molar-refractivity contribution in [3.63, 3.8) is 0 Å². The fourth-order valence-corrected chi connectivity index (χ4v) is 4.97. The van der Waals surface area contributed by atoms with Crippen molar-refractivity contribution in [1.29, 1.82) is 0 Å². The molecule has 4 rings (SSSR count). The third-order valence-corrected chi connectivity index (χ3v) is 6.62. The van der Waals surface area contributed by atoms with Gasteiger partial charge in [0.15, 0.2) is 0 Å². The van der Waals surface area contributed by atoms with Crippen LogP contribution >= 0.6 is 23.2 Å². The molecule has 7 heteroatoms. The first kappa shape index (κ1) is 16.9. The number of benzene rings is 2. The Morgan fingerprint density at radius 3 is 2.52 bits per heavy atom. The zero-order valence-electron chi connectivity index (χ0n) is 13.2. The van der Waals surface area contributed by atoms with Gasteiger partial charge in [0.25, 0.3) is 0 Å². The lowest BCUT2D eigenvalue weighted by atomic mass is 9.92. The molecule has 3 aromatic rings. The number of halogens is 2. The largest absolute Gasteiger partial charge is 0.358 e. The summed E-state index contributed by atoms with van der Waals surface area (Å²) >= 11 is 11.9. The van der Waals surface area contributed by atoms with Crippen LogP contribution in [0.25, 0.3) is 10.9 Å². The summed E-state index contributed by atoms with van der Waals surface area (Å²) in [6, 6.07) is 11.8. The summed E-state index contributed by atoms with van der Waals surface area (Å²) < 4.78 is 28.0. The fourth-order valence-electron chi connectivity index (χ4n) is 3.40. The topological polar surface area (TPSA) is 62.0 Å². The Balaban J connectivity index is 1.60. The molecule has 0 aliphatic heterocycles. The molecule has 2 aromatic carbocycles. The number of fused-ring (bicyclic) bond motifs is 3. The quantitative estimate of drug-likeness (QED) is 0.694. The highest BCUT2D eigenvalue weighted by atomic mass is 35.5. The lowest BCUT2D eigenvalue weighted by Gasteiger charge is -2.23. The summed E-state index contributed by atoms with van der Waals surface area (Å²) in [4.78, 5) is 3.63. The van der Waals surface area contributed by atoms with Gasteiger partial charge in [-0.3, -0.25) is 0 Å². The van der Waals surface area contributed by atoms with Crippen molar-refractivity contribution in [2.75, 3.05) is 0 Å². The Morgan fingerprint density at radius 2 is 1.76 bits per heavy atom. The van der Waals surface area contributed by atoms with Crippen molar-refractivity contribution >= 4 is 44.1 Å². The summed E-state index contributed by atoms with van der Waals surface area (Å²) in [6.07, 6.45) is 2.21. The summed E-state index contributed by atoms with van der Waals surface area (Å²) in [5, 5.41) is 2.31. The Hall–Kier alpha value is -1.53. The minimum absolute atomic E-state index is 0.136. The molecule has 0 fully saturated rings. The van der Waals surface area contributed by atoms with Crippen LogP contribution in [0.3, 0.4) is 0 Å². The Labute approximate surface area is 156 Å². The molecule has 4 nitrogen and oxygen atoms in total. The van der Waals surface area contributed by atoms with Crippen molar-refractivity contribution in [3.8, 4) is 0 Å². The molecule has 25 heavy (non-hydrogen) atoms. The van der Waals surface area contributed by atoms with Crippen molar-refractivity contribution in [1.82, 2.24) is 9.71 Å². The van der Waals surface area contributed by atoms with Gasteiger partial charge in [0.2, 0.25) is 10.0 Å². The van der Waals surface area contributed by atoms with E-state index in [1.54, 1.807) is 12.1 Å². The normalized spacial score (nSPS) is 17.6. The van der Waals surface area contributed by atoms with Crippen molar-refractivity contribution in [2.24, 2.45) is 0 Å². The van der Waals surface area contributed by atoms with Gasteiger partial charge >= 0.3 is 0 Å². The Bertz CT molecular complexity index is 1040. The number of aryl methyl sites for hydroxylation is 1. The number of hydrogen-bond donors (Lipinski definition) is 2. The highest BCUT2D eigenvalue weighted by Gasteiger charge is 2.26. The zero-order valence-corrected chi connectivity index (χ0v) is 15.5. The third-order valence-electron chi connectivity index (χ3n) is 4.60. The number of sulfonamides is 1. The predicted octanol–water partition coefficient (Wildman–Crippen LogP) is 4.31. The van der Waals surface area contributed by atoms with Gasteiger partial charge in [-0.2, -0.15) is 0 Å². The number of aromatic amines is 1. The molecule has 1 unspecified atom stereocenters. The molecule has 1 aromatic heterocycles. The van der Waals surface area contributed by atoms with Gasteiger partial charge in [0, 0.05) is 32.7 Å². The molecule has 1 aliphatic rings. The van der Waals surface area contributed by atoms with E-state index in [0.29, 0.717) is 16.5 Å². The molecule has 1 heterocycles. The molecule has 0 bridgehead atoms. The van der Waals surface area contributed by atoms with Gasteiger partial charge in [-0.15, -0.1) is 0 Å². The SMILES string of the molecule is O=S(=O)(NC1CCc2[nH]c3cc(Cl)ccc3c2C1)c1ccc(Cl)cc1. The first-order chi connectivity index (χ1) is 11.9. The van der Waals surface area contributed by atoms with Crippen LogP contribution in [0.1, 0.15) is 17.7 Å². The van der Waals surface area contributed by atoms with E-state index >= 15 is 0 Å². The van der Waals surface area contributed by atoms with E-state index in [1.807, 2.05) is 18.2 Å². The molecule has 0 radical (unpaired) electrons. The Kier molecular flexibility index (Phi) is 4.28. The van der Waals surface area contributed by atoms with Crippen LogP contribution in [0.4, 0.5) is 0 Å². The fraction of sp³-hybridized carbons (Fsp3) is 0.222. The van der Waals surface area contributed by atoms with Gasteiger partial charge < -0.3 is 4.98 Å². The van der Waals surface area contributed by atoms with Crippen LogP contribution < -0.4 is 4.72 Å². The minimum atomic E-state index is -3.56. The van der Waals surface area contributed by atoms with Gasteiger partial charge in [0.1, 0.15) is 0 Å². The lowest BCUT2D eigenvalue weighted by molar-refractivity contribution is 0.506. The van der Waals surface area contributed by atoms with Gasteiger partial charge in [0.05, 0.1) is 4.90 Å². The highest BCUT2D eigenvalue weighted by molar-refractivity contribution is 7.89. The van der Waals surface area contributed by atoms with Crippen LogP contribution in [0.5, 0.6) is 0 Å². The van der Waals surface area contributed by atoms with Crippen LogP contribution in [0.2, 0.25) is 10.0 Å². The molecular weight excluding hydrogens is 379 g/mol. The minimum Gasteiger partial charge on any atom is -0.358 e. The second-order valence-electron chi connectivity index (χ2n) is 6.29. The summed E-state index contributed by atoms with van der Waals surface area (Å²) in [5.74, 6) is 0. The zero-order chi connectivity index (χ0) is 17.6. The van der Waals surface area contributed by atoms with E-state index in [0.717, 1.165) is 23.7 Å². The van der Waals surface area contributed by atoms with E-state index in [4.69, 9.17) is 23.2 Å². The van der Waals surface area contributed by atoms with E-state index in [-0.39, 0.29) is 10.9 Å². The van der Waals surface area contributed by atoms with Crippen molar-refractivity contribution in [2.45, 2.75) is 30.2 Å². The maximum absolute atomic E-state index is 12.6. The standard InChI is InChI=1S/C18H16Cl2N2O2S/c19-11-1-5-14(6-2-11)25(23,24)22-13-4-8-17-16(10-13)15-7-3-12(20)9-18(15)21-17/h1-3,5-7,9,13,21-22H,4,8,10H2. The second-order valence-corrected chi connectivity index (χ2v) is 8.87. The number of H-pyrrole nitrogens is 1. The molecular formula is C18H16Cl2N2O2S. The molecule has 0 saturated carbocycles. The first-order valence-corrected chi connectivity index (χ1v) is 10.2. The highest BCUT2D eigenvalue weighted by Crippen LogP contribution is 2.31. The van der Waals surface area contributed by atoms with E-state index < -0.39 is 10.0 Å². The lowest BCUT2D eigenvalue weighted by Crippen LogP contribution is -2.38. The summed E-state index contributed by atoms with van der Waals surface area (Å²) in [6.45, 7) is 0. The maximum Gasteiger partial charge on any atom is 0.240 e. The van der Waals surface area contributed by atoms with Gasteiger partial charge in [-0.05, 0) is 61.2 Å². The predicted molar refractivity (Wildman–Crippen MR) is 101 cm³/mol. The molecule has 0 saturated heterocycles. The maximum atomic E-state index is 12.6. The number of aromatic nitrogens is 1. The average molecular weight is 395 g/mol. The number of hydrogen-bond acceptors (Lipinski definition) is 2. The van der Waals surface area contributed by atoms with Crippen molar-refractivity contribution < 1.29 is 8.42 Å².